The molecule has 2 fully saturated rings. The maximum absolute atomic E-state index is 13.0. The second-order valence-electron chi connectivity index (χ2n) is 8.42. The predicted molar refractivity (Wildman–Crippen MR) is 111 cm³/mol. The zero-order chi connectivity index (χ0) is 20.5. The number of rotatable bonds is 7. The van der Waals surface area contributed by atoms with Gasteiger partial charge >= 0.3 is 0 Å². The molecule has 1 aliphatic heterocycles. The summed E-state index contributed by atoms with van der Waals surface area (Å²) in [6.45, 7) is 3.48. The van der Waals surface area contributed by atoms with E-state index in [2.05, 4.69) is 17.6 Å². The molecular weight excluding hydrogens is 390 g/mol. The second-order valence-corrected chi connectivity index (χ2v) is 9.52. The van der Waals surface area contributed by atoms with Crippen molar-refractivity contribution in [3.8, 4) is 0 Å². The van der Waals surface area contributed by atoms with E-state index in [1.807, 2.05) is 0 Å². The van der Waals surface area contributed by atoms with Gasteiger partial charge in [-0.25, -0.2) is 0 Å². The third kappa shape index (κ3) is 4.33. The van der Waals surface area contributed by atoms with Crippen LogP contribution in [0, 0.1) is 11.8 Å². The Hall–Kier alpha value is -1.93. The van der Waals surface area contributed by atoms with E-state index in [1.54, 1.807) is 4.90 Å². The summed E-state index contributed by atoms with van der Waals surface area (Å²) in [5.41, 5.74) is 1.47. The first-order chi connectivity index (χ1) is 14.0. The highest BCUT2D eigenvalue weighted by Crippen LogP contribution is 2.41. The molecule has 0 bridgehead atoms. The average Bonchev–Trinajstić information content (AvgIpc) is 3.46. The van der Waals surface area contributed by atoms with Crippen molar-refractivity contribution in [2.75, 3.05) is 25.0 Å². The monoisotopic (exact) mass is 419 g/mol. The number of aliphatic hydroxyl groups excluding tert-OH is 1. The number of unbranched alkanes of at least 4 members (excludes halogenated alkanes) is 1. The van der Waals surface area contributed by atoms with E-state index >= 15 is 0 Å². The molecule has 1 saturated carbocycles. The molecule has 158 valence electrons. The van der Waals surface area contributed by atoms with Crippen LogP contribution in [-0.2, 0) is 22.4 Å². The van der Waals surface area contributed by atoms with Crippen molar-refractivity contribution in [3.05, 3.63) is 16.0 Å². The summed E-state index contributed by atoms with van der Waals surface area (Å²) in [6.07, 6.45) is 5.30. The van der Waals surface area contributed by atoms with Crippen molar-refractivity contribution < 1.29 is 19.5 Å². The Kier molecular flexibility index (Phi) is 5.92. The molecule has 1 aromatic rings. The number of β-amino-alcohol motifs (C(OH)–C–C–N with tert-alkyl or cyclic N) is 1. The van der Waals surface area contributed by atoms with Gasteiger partial charge in [-0.3, -0.25) is 14.4 Å². The fourth-order valence-corrected chi connectivity index (χ4v) is 5.29. The largest absolute Gasteiger partial charge is 0.389 e. The maximum Gasteiger partial charge on any atom is 0.254 e. The molecule has 29 heavy (non-hydrogen) atoms. The Morgan fingerprint density at radius 2 is 1.93 bits per heavy atom. The lowest BCUT2D eigenvalue weighted by Crippen LogP contribution is -2.55. The fraction of sp³-hybridized carbons (Fsp3) is 0.667. The van der Waals surface area contributed by atoms with Crippen LogP contribution in [0.3, 0.4) is 0 Å². The standard InChI is InChI=1S/C21H29N3O4S/c1-2-3-8-22-19(27)17-15-9-13(21(28)24-10-14(25)11-24)6-7-16(15)29-20(17)23-18(26)12-4-5-12/h12-14,25H,2-11H2,1H3,(H,22,27)(H,23,26). The van der Waals surface area contributed by atoms with Crippen LogP contribution in [-0.4, -0.2) is 53.5 Å². The summed E-state index contributed by atoms with van der Waals surface area (Å²) in [4.78, 5) is 40.9. The smallest absolute Gasteiger partial charge is 0.254 e. The number of likely N-dealkylation sites (tertiary alicyclic amines) is 1. The van der Waals surface area contributed by atoms with Gasteiger partial charge < -0.3 is 20.6 Å². The molecule has 1 unspecified atom stereocenters. The highest BCUT2D eigenvalue weighted by atomic mass is 32.1. The molecule has 3 N–H and O–H groups in total. The van der Waals surface area contributed by atoms with Crippen molar-refractivity contribution in [1.82, 2.24) is 10.2 Å². The topological polar surface area (TPSA) is 98.7 Å². The van der Waals surface area contributed by atoms with Gasteiger partial charge in [-0.15, -0.1) is 11.3 Å². The Morgan fingerprint density at radius 1 is 1.17 bits per heavy atom. The number of amides is 3. The van der Waals surface area contributed by atoms with E-state index < -0.39 is 6.10 Å². The molecule has 2 heterocycles. The number of anilines is 1. The van der Waals surface area contributed by atoms with Gasteiger partial charge in [0.05, 0.1) is 11.7 Å². The number of fused-ring (bicyclic) bond motifs is 1. The third-order valence-corrected chi connectivity index (χ3v) is 7.22. The Morgan fingerprint density at radius 3 is 2.59 bits per heavy atom. The van der Waals surface area contributed by atoms with Crippen molar-refractivity contribution in [2.45, 2.75) is 58.0 Å². The van der Waals surface area contributed by atoms with Crippen LogP contribution in [0.5, 0.6) is 0 Å². The molecular formula is C21H29N3O4S. The quantitative estimate of drug-likeness (QED) is 0.588. The van der Waals surface area contributed by atoms with E-state index in [9.17, 15) is 19.5 Å². The summed E-state index contributed by atoms with van der Waals surface area (Å²) >= 11 is 1.49. The number of thiophene rings is 1. The third-order valence-electron chi connectivity index (χ3n) is 6.01. The first-order valence-electron chi connectivity index (χ1n) is 10.7. The number of carbonyl (C=O) groups excluding carboxylic acids is 3. The van der Waals surface area contributed by atoms with Gasteiger partial charge in [0.2, 0.25) is 11.8 Å². The van der Waals surface area contributed by atoms with Gasteiger partial charge in [0, 0.05) is 36.3 Å². The molecule has 3 amide bonds. The van der Waals surface area contributed by atoms with Gasteiger partial charge in [-0.1, -0.05) is 13.3 Å². The predicted octanol–water partition coefficient (Wildman–Crippen LogP) is 1.93. The molecule has 1 aromatic heterocycles. The van der Waals surface area contributed by atoms with E-state index in [-0.39, 0.29) is 29.6 Å². The van der Waals surface area contributed by atoms with Crippen LogP contribution in [0.1, 0.15) is 59.8 Å². The van der Waals surface area contributed by atoms with E-state index in [4.69, 9.17) is 0 Å². The number of aliphatic hydroxyl groups is 1. The molecule has 0 radical (unpaired) electrons. The fourth-order valence-electron chi connectivity index (χ4n) is 4.04. The minimum Gasteiger partial charge on any atom is -0.389 e. The number of aryl methyl sites for hydroxylation is 1. The zero-order valence-corrected chi connectivity index (χ0v) is 17.6. The summed E-state index contributed by atoms with van der Waals surface area (Å²) in [7, 11) is 0. The van der Waals surface area contributed by atoms with E-state index in [0.29, 0.717) is 36.6 Å². The van der Waals surface area contributed by atoms with Gasteiger partial charge in [0.1, 0.15) is 5.00 Å². The van der Waals surface area contributed by atoms with Crippen molar-refractivity contribution in [2.24, 2.45) is 11.8 Å². The van der Waals surface area contributed by atoms with Crippen LogP contribution in [0.25, 0.3) is 0 Å². The molecule has 1 atom stereocenters. The number of carbonyl (C=O) groups is 3. The first kappa shape index (κ1) is 20.3. The van der Waals surface area contributed by atoms with Crippen molar-refractivity contribution >= 4 is 34.1 Å². The lowest BCUT2D eigenvalue weighted by molar-refractivity contribution is -0.146. The number of nitrogens with zero attached hydrogens (tertiary/aromatic N) is 1. The molecule has 1 saturated heterocycles. The normalized spacial score (nSPS) is 21.3. The van der Waals surface area contributed by atoms with E-state index in [0.717, 1.165) is 49.0 Å². The molecule has 3 aliphatic rings. The first-order valence-corrected chi connectivity index (χ1v) is 11.5. The summed E-state index contributed by atoms with van der Waals surface area (Å²) in [5, 5.41) is 16.1. The van der Waals surface area contributed by atoms with Crippen molar-refractivity contribution in [3.63, 3.8) is 0 Å². The van der Waals surface area contributed by atoms with E-state index in [1.165, 1.54) is 11.3 Å². The summed E-state index contributed by atoms with van der Waals surface area (Å²) in [6, 6.07) is 0. The van der Waals surface area contributed by atoms with Crippen LogP contribution in [0.4, 0.5) is 5.00 Å². The summed E-state index contributed by atoms with van der Waals surface area (Å²) < 4.78 is 0. The van der Waals surface area contributed by atoms with Crippen LogP contribution >= 0.6 is 11.3 Å². The molecule has 0 spiro atoms. The van der Waals surface area contributed by atoms with Crippen LogP contribution in [0.2, 0.25) is 0 Å². The van der Waals surface area contributed by atoms with Crippen LogP contribution in [0.15, 0.2) is 0 Å². The molecule has 0 aromatic carbocycles. The molecule has 7 nitrogen and oxygen atoms in total. The minimum atomic E-state index is -0.414. The number of hydrogen-bond donors (Lipinski definition) is 3. The Bertz CT molecular complexity index is 811. The zero-order valence-electron chi connectivity index (χ0n) is 16.8. The highest BCUT2D eigenvalue weighted by Gasteiger charge is 2.38. The molecule has 8 heteroatoms. The lowest BCUT2D eigenvalue weighted by atomic mass is 9.84. The highest BCUT2D eigenvalue weighted by molar-refractivity contribution is 7.17. The Labute approximate surface area is 174 Å². The number of nitrogens with one attached hydrogen (secondary N) is 2. The number of hydrogen-bond acceptors (Lipinski definition) is 5. The lowest BCUT2D eigenvalue weighted by Gasteiger charge is -2.39. The minimum absolute atomic E-state index is 0.00611. The van der Waals surface area contributed by atoms with Crippen LogP contribution < -0.4 is 10.6 Å². The Balaban J connectivity index is 1.55. The van der Waals surface area contributed by atoms with Gasteiger partial charge in [0.25, 0.3) is 5.91 Å². The van der Waals surface area contributed by atoms with Gasteiger partial charge in [-0.05, 0) is 44.1 Å². The molecule has 2 aliphatic carbocycles. The molecule has 4 rings (SSSR count). The van der Waals surface area contributed by atoms with Gasteiger partial charge in [0.15, 0.2) is 0 Å². The van der Waals surface area contributed by atoms with Crippen molar-refractivity contribution in [1.29, 1.82) is 0 Å². The summed E-state index contributed by atoms with van der Waals surface area (Å²) in [5.74, 6) is -0.202. The SMILES string of the molecule is CCCCNC(=O)c1c(NC(=O)C2CC2)sc2c1CC(C(=O)N1CC(O)C1)CC2. The maximum atomic E-state index is 13.0. The average molecular weight is 420 g/mol. The van der Waals surface area contributed by atoms with Gasteiger partial charge in [-0.2, -0.15) is 0 Å². The second kappa shape index (κ2) is 8.44.